The van der Waals surface area contributed by atoms with E-state index in [1.807, 2.05) is 48.5 Å². The van der Waals surface area contributed by atoms with Gasteiger partial charge in [0.05, 0.1) is 11.4 Å². The summed E-state index contributed by atoms with van der Waals surface area (Å²) < 4.78 is 0. The van der Waals surface area contributed by atoms with E-state index >= 15 is 0 Å². The highest BCUT2D eigenvalue weighted by Crippen LogP contribution is 2.29. The first kappa shape index (κ1) is 13.5. The van der Waals surface area contributed by atoms with Crippen LogP contribution in [0.2, 0.25) is 0 Å². The third kappa shape index (κ3) is 2.45. The zero-order valence-electron chi connectivity index (χ0n) is 11.7. The summed E-state index contributed by atoms with van der Waals surface area (Å²) in [5.41, 5.74) is 1.99. The lowest BCUT2D eigenvalue weighted by atomic mass is 9.93. The van der Waals surface area contributed by atoms with Crippen molar-refractivity contribution in [1.82, 2.24) is 0 Å². The first-order valence-corrected chi connectivity index (χ1v) is 6.85. The third-order valence-electron chi connectivity index (χ3n) is 3.63. The molecule has 0 aromatic heterocycles. The van der Waals surface area contributed by atoms with Gasteiger partial charge in [-0.2, -0.15) is 5.10 Å². The molecule has 4 nitrogen and oxygen atoms in total. The zero-order chi connectivity index (χ0) is 14.8. The lowest BCUT2D eigenvalue weighted by molar-refractivity contribution is 0.0815. The normalized spacial score (nSPS) is 21.2. The molecule has 0 spiro atoms. The number of aliphatic hydroxyl groups excluding tert-OH is 1. The van der Waals surface area contributed by atoms with Crippen LogP contribution in [0.3, 0.4) is 0 Å². The van der Waals surface area contributed by atoms with Gasteiger partial charge >= 0.3 is 0 Å². The molecule has 106 valence electrons. The minimum Gasteiger partial charge on any atom is -0.371 e. The summed E-state index contributed by atoms with van der Waals surface area (Å²) in [5.74, 6) is -0.740. The van der Waals surface area contributed by atoms with Crippen molar-refractivity contribution < 1.29 is 9.90 Å². The van der Waals surface area contributed by atoms with Crippen molar-refractivity contribution in [1.29, 1.82) is 0 Å². The van der Waals surface area contributed by atoms with Gasteiger partial charge in [-0.3, -0.25) is 4.79 Å². The van der Waals surface area contributed by atoms with Crippen molar-refractivity contribution in [2.24, 2.45) is 11.0 Å². The number of benzene rings is 2. The SMILES string of the molecule is CC1=NN(c2ccccc2)C(O)C1C(=O)c1ccccc1. The molecule has 0 radical (unpaired) electrons. The van der Waals surface area contributed by atoms with Crippen LogP contribution in [0.4, 0.5) is 5.69 Å². The Morgan fingerprint density at radius 3 is 2.24 bits per heavy atom. The van der Waals surface area contributed by atoms with E-state index in [0.717, 1.165) is 5.69 Å². The van der Waals surface area contributed by atoms with Crippen molar-refractivity contribution in [3.05, 3.63) is 66.2 Å². The molecule has 1 aliphatic heterocycles. The second kappa shape index (κ2) is 5.50. The van der Waals surface area contributed by atoms with Crippen LogP contribution < -0.4 is 5.01 Å². The third-order valence-corrected chi connectivity index (χ3v) is 3.63. The first-order valence-electron chi connectivity index (χ1n) is 6.85. The predicted octanol–water partition coefficient (Wildman–Crippen LogP) is 2.70. The van der Waals surface area contributed by atoms with Gasteiger partial charge in [-0.05, 0) is 19.1 Å². The Balaban J connectivity index is 1.89. The smallest absolute Gasteiger partial charge is 0.176 e. The average Bonchev–Trinajstić information content (AvgIpc) is 2.83. The highest BCUT2D eigenvalue weighted by atomic mass is 16.3. The Bertz CT molecular complexity index is 668. The van der Waals surface area contributed by atoms with Crippen LogP contribution in [-0.4, -0.2) is 22.8 Å². The molecule has 21 heavy (non-hydrogen) atoms. The van der Waals surface area contributed by atoms with Crippen LogP contribution in [0.5, 0.6) is 0 Å². The van der Waals surface area contributed by atoms with E-state index in [4.69, 9.17) is 0 Å². The molecule has 0 saturated heterocycles. The molecule has 2 aromatic carbocycles. The molecule has 0 bridgehead atoms. The van der Waals surface area contributed by atoms with Crippen molar-refractivity contribution >= 4 is 17.2 Å². The maximum atomic E-state index is 12.6. The molecule has 2 unspecified atom stereocenters. The van der Waals surface area contributed by atoms with Crippen LogP contribution in [0.15, 0.2) is 65.8 Å². The maximum absolute atomic E-state index is 12.6. The number of hydrazone groups is 1. The number of anilines is 1. The lowest BCUT2D eigenvalue weighted by Gasteiger charge is -2.22. The van der Waals surface area contributed by atoms with Gasteiger partial charge in [0.15, 0.2) is 12.0 Å². The molecular formula is C17H16N2O2. The van der Waals surface area contributed by atoms with E-state index in [-0.39, 0.29) is 5.78 Å². The Kier molecular flexibility index (Phi) is 3.54. The number of aliphatic hydroxyl groups is 1. The van der Waals surface area contributed by atoms with Gasteiger partial charge in [-0.1, -0.05) is 48.5 Å². The summed E-state index contributed by atoms with van der Waals surface area (Å²) in [4.78, 5) is 12.6. The van der Waals surface area contributed by atoms with Crippen LogP contribution >= 0.6 is 0 Å². The predicted molar refractivity (Wildman–Crippen MR) is 82.3 cm³/mol. The largest absolute Gasteiger partial charge is 0.371 e. The summed E-state index contributed by atoms with van der Waals surface area (Å²) in [7, 11) is 0. The van der Waals surface area contributed by atoms with Crippen molar-refractivity contribution in [3.63, 3.8) is 0 Å². The molecule has 0 fully saturated rings. The van der Waals surface area contributed by atoms with Gasteiger partial charge in [0, 0.05) is 5.56 Å². The van der Waals surface area contributed by atoms with Gasteiger partial charge < -0.3 is 5.11 Å². The second-order valence-electron chi connectivity index (χ2n) is 5.04. The van der Waals surface area contributed by atoms with E-state index in [9.17, 15) is 9.90 Å². The van der Waals surface area contributed by atoms with Gasteiger partial charge in [0.1, 0.15) is 5.92 Å². The number of hydrogen-bond donors (Lipinski definition) is 1. The highest BCUT2D eigenvalue weighted by Gasteiger charge is 2.39. The van der Waals surface area contributed by atoms with Crippen molar-refractivity contribution in [2.45, 2.75) is 13.2 Å². The van der Waals surface area contributed by atoms with Crippen molar-refractivity contribution in [2.75, 3.05) is 5.01 Å². The fraction of sp³-hybridized carbons (Fsp3) is 0.176. The summed E-state index contributed by atoms with van der Waals surface area (Å²) in [6.07, 6.45) is -0.972. The zero-order valence-corrected chi connectivity index (χ0v) is 11.7. The summed E-state index contributed by atoms with van der Waals surface area (Å²) >= 11 is 0. The van der Waals surface area contributed by atoms with Gasteiger partial charge in [-0.25, -0.2) is 5.01 Å². The number of nitrogens with zero attached hydrogens (tertiary/aromatic N) is 2. The Morgan fingerprint density at radius 2 is 1.62 bits per heavy atom. The number of carbonyl (C=O) groups is 1. The number of hydrogen-bond acceptors (Lipinski definition) is 4. The van der Waals surface area contributed by atoms with E-state index in [2.05, 4.69) is 5.10 Å². The van der Waals surface area contributed by atoms with E-state index in [1.165, 1.54) is 5.01 Å². The molecule has 0 saturated carbocycles. The topological polar surface area (TPSA) is 52.9 Å². The fourth-order valence-corrected chi connectivity index (χ4v) is 2.55. The molecule has 1 aliphatic rings. The molecule has 3 rings (SSSR count). The first-order chi connectivity index (χ1) is 10.2. The number of carbonyl (C=O) groups excluding carboxylic acids is 1. The molecule has 1 N–H and O–H groups in total. The standard InChI is InChI=1S/C17H16N2O2/c1-12-15(16(20)13-8-4-2-5-9-13)17(21)19(18-12)14-10-6-3-7-11-14/h2-11,15,17,21H,1H3. The molecule has 0 aliphatic carbocycles. The molecule has 0 amide bonds. The van der Waals surface area contributed by atoms with Crippen LogP contribution in [0.25, 0.3) is 0 Å². The van der Waals surface area contributed by atoms with Crippen LogP contribution in [-0.2, 0) is 0 Å². The Labute approximate surface area is 123 Å². The maximum Gasteiger partial charge on any atom is 0.176 e. The number of ketones is 1. The summed E-state index contributed by atoms with van der Waals surface area (Å²) in [5, 5.41) is 16.3. The molecule has 4 heteroatoms. The van der Waals surface area contributed by atoms with Crippen molar-refractivity contribution in [3.8, 4) is 0 Å². The van der Waals surface area contributed by atoms with Gasteiger partial charge in [0.25, 0.3) is 0 Å². The van der Waals surface area contributed by atoms with E-state index in [0.29, 0.717) is 11.3 Å². The average molecular weight is 280 g/mol. The monoisotopic (exact) mass is 280 g/mol. The minimum atomic E-state index is -0.972. The lowest BCUT2D eigenvalue weighted by Crippen LogP contribution is -2.37. The van der Waals surface area contributed by atoms with E-state index in [1.54, 1.807) is 19.1 Å². The minimum absolute atomic E-state index is 0.109. The molecule has 2 aromatic rings. The van der Waals surface area contributed by atoms with Gasteiger partial charge in [0.2, 0.25) is 0 Å². The number of Topliss-reactive ketones (excluding diaryl/α,β-unsaturated/α-hetero) is 1. The molecule has 2 atom stereocenters. The molecular weight excluding hydrogens is 264 g/mol. The Hall–Kier alpha value is -2.46. The molecule has 1 heterocycles. The number of rotatable bonds is 3. The van der Waals surface area contributed by atoms with E-state index < -0.39 is 12.1 Å². The second-order valence-corrected chi connectivity index (χ2v) is 5.04. The Morgan fingerprint density at radius 1 is 1.05 bits per heavy atom. The highest BCUT2D eigenvalue weighted by molar-refractivity contribution is 6.13. The summed E-state index contributed by atoms with van der Waals surface area (Å²) in [6.45, 7) is 1.78. The van der Waals surface area contributed by atoms with Crippen LogP contribution in [0, 0.1) is 5.92 Å². The fourth-order valence-electron chi connectivity index (χ4n) is 2.55. The quantitative estimate of drug-likeness (QED) is 0.879. The number of para-hydroxylation sites is 1. The van der Waals surface area contributed by atoms with Gasteiger partial charge in [-0.15, -0.1) is 0 Å². The van der Waals surface area contributed by atoms with Crippen LogP contribution in [0.1, 0.15) is 17.3 Å². The summed E-state index contributed by atoms with van der Waals surface area (Å²) in [6, 6.07) is 18.4.